The Balaban J connectivity index is 2.05. The Morgan fingerprint density at radius 1 is 1.15 bits per heavy atom. The molecule has 4 heteroatoms. The van der Waals surface area contributed by atoms with E-state index in [1.54, 1.807) is 6.20 Å². The highest BCUT2D eigenvalue weighted by Crippen LogP contribution is 2.34. The molecule has 3 rings (SSSR count). The zero-order chi connectivity index (χ0) is 14.3. The summed E-state index contributed by atoms with van der Waals surface area (Å²) < 4.78 is 1.02. The van der Waals surface area contributed by atoms with Gasteiger partial charge in [0.1, 0.15) is 0 Å². The number of halogens is 1. The number of nitrogens with zero attached hydrogens (tertiary/aromatic N) is 2. The molecule has 0 amide bonds. The second-order valence-electron chi connectivity index (χ2n) is 6.00. The highest BCUT2D eigenvalue weighted by Gasteiger charge is 2.32. The zero-order valence-corrected chi connectivity index (χ0v) is 13.1. The number of fused-ring (bicyclic) bond motifs is 1. The molecule has 0 aliphatic heterocycles. The van der Waals surface area contributed by atoms with E-state index in [9.17, 15) is 4.79 Å². The summed E-state index contributed by atoms with van der Waals surface area (Å²) >= 11 is 3.42. The molecular formula is C16H15BrN2O. The molecule has 1 heterocycles. The smallest absolute Gasteiger partial charge is 0.166 e. The average Bonchev–Trinajstić information content (AvgIpc) is 2.37. The molecule has 1 aliphatic carbocycles. The molecule has 2 aromatic rings. The van der Waals surface area contributed by atoms with E-state index in [2.05, 4.69) is 39.7 Å². The van der Waals surface area contributed by atoms with Gasteiger partial charge in [0.15, 0.2) is 11.6 Å². The van der Waals surface area contributed by atoms with E-state index in [1.165, 1.54) is 0 Å². The molecule has 0 spiro atoms. The summed E-state index contributed by atoms with van der Waals surface area (Å²) in [6.07, 6.45) is 3.07. The molecule has 0 N–H and O–H groups in total. The fourth-order valence-corrected chi connectivity index (χ4v) is 2.83. The van der Waals surface area contributed by atoms with Gasteiger partial charge in [0.25, 0.3) is 0 Å². The van der Waals surface area contributed by atoms with Crippen molar-refractivity contribution in [1.82, 2.24) is 9.97 Å². The van der Waals surface area contributed by atoms with Crippen LogP contribution in [0, 0.1) is 5.41 Å². The maximum absolute atomic E-state index is 12.1. The molecule has 102 valence electrons. The third-order valence-corrected chi connectivity index (χ3v) is 4.08. The van der Waals surface area contributed by atoms with Crippen LogP contribution in [0.1, 0.15) is 36.3 Å². The maximum atomic E-state index is 12.1. The van der Waals surface area contributed by atoms with Crippen molar-refractivity contribution in [2.75, 3.05) is 0 Å². The van der Waals surface area contributed by atoms with E-state index in [4.69, 9.17) is 0 Å². The van der Waals surface area contributed by atoms with E-state index in [-0.39, 0.29) is 11.2 Å². The summed E-state index contributed by atoms with van der Waals surface area (Å²) in [5, 5.41) is 0. The van der Waals surface area contributed by atoms with Crippen molar-refractivity contribution >= 4 is 21.7 Å². The quantitative estimate of drug-likeness (QED) is 0.791. The number of carbonyl (C=O) groups is 1. The number of Topliss-reactive ketones (excluding diaryl/α,β-unsaturated/α-hetero) is 1. The van der Waals surface area contributed by atoms with Crippen molar-refractivity contribution in [2.24, 2.45) is 5.41 Å². The minimum absolute atomic E-state index is 0.0184. The molecule has 20 heavy (non-hydrogen) atoms. The first-order valence-corrected chi connectivity index (χ1v) is 7.39. The first-order valence-electron chi connectivity index (χ1n) is 6.60. The van der Waals surface area contributed by atoms with E-state index in [1.807, 2.05) is 24.3 Å². The Kier molecular flexibility index (Phi) is 3.21. The largest absolute Gasteiger partial charge is 0.294 e. The van der Waals surface area contributed by atoms with Gasteiger partial charge in [0, 0.05) is 22.7 Å². The lowest BCUT2D eigenvalue weighted by Gasteiger charge is -2.29. The van der Waals surface area contributed by atoms with Crippen LogP contribution in [0.15, 0.2) is 34.9 Å². The number of aromatic nitrogens is 2. The van der Waals surface area contributed by atoms with Gasteiger partial charge < -0.3 is 0 Å². The molecule has 0 saturated heterocycles. The predicted octanol–water partition coefficient (Wildman–Crippen LogP) is 4.06. The number of hydrogen-bond donors (Lipinski definition) is 0. The first-order chi connectivity index (χ1) is 9.44. The minimum Gasteiger partial charge on any atom is -0.294 e. The van der Waals surface area contributed by atoms with Crippen molar-refractivity contribution in [2.45, 2.75) is 26.7 Å². The van der Waals surface area contributed by atoms with Crippen LogP contribution < -0.4 is 0 Å². The number of benzene rings is 1. The van der Waals surface area contributed by atoms with E-state index in [0.717, 1.165) is 22.2 Å². The zero-order valence-electron chi connectivity index (χ0n) is 11.5. The molecule has 0 saturated carbocycles. The maximum Gasteiger partial charge on any atom is 0.166 e. The van der Waals surface area contributed by atoms with Gasteiger partial charge in [-0.2, -0.15) is 0 Å². The van der Waals surface area contributed by atoms with Crippen LogP contribution in [-0.2, 0) is 6.42 Å². The van der Waals surface area contributed by atoms with Crippen LogP contribution in [0.5, 0.6) is 0 Å². The van der Waals surface area contributed by atoms with Gasteiger partial charge in [-0.05, 0) is 24.0 Å². The monoisotopic (exact) mass is 330 g/mol. The normalized spacial score (nSPS) is 16.9. The fraction of sp³-hybridized carbons (Fsp3) is 0.312. The van der Waals surface area contributed by atoms with E-state index >= 15 is 0 Å². The molecule has 3 nitrogen and oxygen atoms in total. The van der Waals surface area contributed by atoms with Gasteiger partial charge in [-0.15, -0.1) is 0 Å². The molecule has 0 unspecified atom stereocenters. The lowest BCUT2D eigenvalue weighted by Crippen LogP contribution is -2.28. The topological polar surface area (TPSA) is 42.9 Å². The Morgan fingerprint density at radius 2 is 1.85 bits per heavy atom. The summed E-state index contributed by atoms with van der Waals surface area (Å²) in [5.41, 5.74) is 2.51. The minimum atomic E-state index is -0.0184. The summed E-state index contributed by atoms with van der Waals surface area (Å²) in [4.78, 5) is 21.1. The highest BCUT2D eigenvalue weighted by molar-refractivity contribution is 9.10. The predicted molar refractivity (Wildman–Crippen MR) is 81.6 cm³/mol. The molecule has 0 fully saturated rings. The Morgan fingerprint density at radius 3 is 2.55 bits per heavy atom. The number of rotatable bonds is 1. The molecule has 1 aliphatic rings. The van der Waals surface area contributed by atoms with Crippen LogP contribution >= 0.6 is 15.9 Å². The van der Waals surface area contributed by atoms with Gasteiger partial charge in [0.2, 0.25) is 0 Å². The van der Waals surface area contributed by atoms with Gasteiger partial charge in [0.05, 0.1) is 11.3 Å². The Bertz CT molecular complexity index is 677. The molecule has 1 aromatic carbocycles. The van der Waals surface area contributed by atoms with E-state index in [0.29, 0.717) is 17.8 Å². The van der Waals surface area contributed by atoms with Crippen LogP contribution in [0.3, 0.4) is 0 Å². The van der Waals surface area contributed by atoms with Crippen molar-refractivity contribution in [3.8, 4) is 11.4 Å². The van der Waals surface area contributed by atoms with Gasteiger partial charge >= 0.3 is 0 Å². The molecular weight excluding hydrogens is 316 g/mol. The number of carbonyl (C=O) groups excluding carboxylic acids is 1. The Labute approximate surface area is 126 Å². The third-order valence-electron chi connectivity index (χ3n) is 3.56. The van der Waals surface area contributed by atoms with Crippen LogP contribution in [0.4, 0.5) is 0 Å². The lowest BCUT2D eigenvalue weighted by molar-refractivity contribution is 0.0910. The molecule has 0 radical (unpaired) electrons. The standard InChI is InChI=1S/C16H15BrN2O/c1-16(2)7-13-12(14(20)8-16)9-18-15(19-13)10-3-5-11(17)6-4-10/h3-6,9H,7-8H2,1-2H3. The van der Waals surface area contributed by atoms with E-state index < -0.39 is 0 Å². The average molecular weight is 331 g/mol. The fourth-order valence-electron chi connectivity index (χ4n) is 2.57. The van der Waals surface area contributed by atoms with Crippen LogP contribution in [0.25, 0.3) is 11.4 Å². The second kappa shape index (κ2) is 4.77. The van der Waals surface area contributed by atoms with Gasteiger partial charge in [-0.25, -0.2) is 9.97 Å². The Hall–Kier alpha value is -1.55. The van der Waals surface area contributed by atoms with Crippen molar-refractivity contribution in [3.05, 3.63) is 46.2 Å². The third kappa shape index (κ3) is 2.52. The number of ketones is 1. The number of hydrogen-bond acceptors (Lipinski definition) is 3. The second-order valence-corrected chi connectivity index (χ2v) is 6.92. The summed E-state index contributed by atoms with van der Waals surface area (Å²) in [5.74, 6) is 0.834. The molecule has 0 bridgehead atoms. The summed E-state index contributed by atoms with van der Waals surface area (Å²) in [6.45, 7) is 4.21. The van der Waals surface area contributed by atoms with Gasteiger partial charge in [-0.3, -0.25) is 4.79 Å². The van der Waals surface area contributed by atoms with Crippen molar-refractivity contribution < 1.29 is 4.79 Å². The highest BCUT2D eigenvalue weighted by atomic mass is 79.9. The first kappa shape index (κ1) is 13.4. The molecule has 0 atom stereocenters. The van der Waals surface area contributed by atoms with Crippen molar-refractivity contribution in [1.29, 1.82) is 0 Å². The van der Waals surface area contributed by atoms with Crippen molar-refractivity contribution in [3.63, 3.8) is 0 Å². The lowest BCUT2D eigenvalue weighted by atomic mass is 9.76. The molecule has 1 aromatic heterocycles. The van der Waals surface area contributed by atoms with Crippen LogP contribution in [-0.4, -0.2) is 15.8 Å². The SMILES string of the molecule is CC1(C)CC(=O)c2cnc(-c3ccc(Br)cc3)nc2C1. The summed E-state index contributed by atoms with van der Waals surface area (Å²) in [7, 11) is 0. The van der Waals surface area contributed by atoms with Gasteiger partial charge in [-0.1, -0.05) is 41.9 Å². The summed E-state index contributed by atoms with van der Waals surface area (Å²) in [6, 6.07) is 7.88. The van der Waals surface area contributed by atoms with Crippen LogP contribution in [0.2, 0.25) is 0 Å².